The molecule has 56 heavy (non-hydrogen) atoms. The van der Waals surface area contributed by atoms with E-state index in [9.17, 15) is 0 Å². The summed E-state index contributed by atoms with van der Waals surface area (Å²) in [6, 6.07) is 69.9. The molecule has 0 saturated carbocycles. The first-order valence-corrected chi connectivity index (χ1v) is 19.1. The quantitative estimate of drug-likeness (QED) is 0.170. The van der Waals surface area contributed by atoms with Crippen molar-refractivity contribution in [2.45, 2.75) is 0 Å². The predicted molar refractivity (Wildman–Crippen MR) is 235 cm³/mol. The first-order chi connectivity index (χ1) is 27.7. The second kappa shape index (κ2) is 12.0. The van der Waals surface area contributed by atoms with Gasteiger partial charge in [-0.05, 0) is 119 Å². The lowest BCUT2D eigenvalue weighted by Gasteiger charge is -2.12. The van der Waals surface area contributed by atoms with E-state index in [1.807, 2.05) is 6.07 Å². The van der Waals surface area contributed by atoms with Gasteiger partial charge in [0.05, 0.1) is 0 Å². The van der Waals surface area contributed by atoms with E-state index >= 15 is 0 Å². The van der Waals surface area contributed by atoms with Gasteiger partial charge in [0.15, 0.2) is 11.2 Å². The molecular weight excluding hydrogens is 681 g/mol. The summed E-state index contributed by atoms with van der Waals surface area (Å²) < 4.78 is 12.9. The number of hydrogen-bond donors (Lipinski definition) is 0. The summed E-state index contributed by atoms with van der Waals surface area (Å²) in [5, 5.41) is 12.1. The van der Waals surface area contributed by atoms with E-state index in [0.717, 1.165) is 55.0 Å². The van der Waals surface area contributed by atoms with Crippen LogP contribution in [0.5, 0.6) is 0 Å². The van der Waals surface area contributed by atoms with Gasteiger partial charge in [0.1, 0.15) is 11.2 Å². The third-order valence-electron chi connectivity index (χ3n) is 11.7. The Hall–Kier alpha value is -7.42. The van der Waals surface area contributed by atoms with E-state index in [-0.39, 0.29) is 0 Å². The molecule has 0 unspecified atom stereocenters. The highest BCUT2D eigenvalue weighted by Crippen LogP contribution is 2.41. The molecule has 0 aliphatic carbocycles. The summed E-state index contributed by atoms with van der Waals surface area (Å²) in [4.78, 5) is 0. The molecular formula is C54H32O2. The van der Waals surface area contributed by atoms with Crippen LogP contribution in [0.1, 0.15) is 0 Å². The lowest BCUT2D eigenvalue weighted by molar-refractivity contribution is 0.633. The van der Waals surface area contributed by atoms with E-state index in [0.29, 0.717) is 0 Å². The average Bonchev–Trinajstić information content (AvgIpc) is 3.85. The van der Waals surface area contributed by atoms with Gasteiger partial charge in [-0.15, -0.1) is 0 Å². The van der Waals surface area contributed by atoms with E-state index in [1.54, 1.807) is 0 Å². The standard InChI is InChI=1S/C54H32O2/c1-2-8-33(9-3-1)39-23-28-51-49(31-39)46-26-27-47-50-32-40(24-29-52(50)56-54(47)53(46)55-51)37-20-16-35(17-21-37)34-14-18-36(19-15-34)38-22-25-45-43-12-5-4-10-41(43)42-11-6-7-13-44(42)48(45)30-38/h1-32H. The molecule has 2 heteroatoms. The predicted octanol–water partition coefficient (Wildman–Crippen LogP) is 15.6. The normalized spacial score (nSPS) is 11.9. The van der Waals surface area contributed by atoms with Crippen molar-refractivity contribution in [2.75, 3.05) is 0 Å². The zero-order chi connectivity index (χ0) is 36.7. The van der Waals surface area contributed by atoms with E-state index in [1.165, 1.54) is 65.7 Å². The third-order valence-corrected chi connectivity index (χ3v) is 11.7. The number of fused-ring (bicyclic) bond motifs is 13. The van der Waals surface area contributed by atoms with Crippen molar-refractivity contribution in [2.24, 2.45) is 0 Å². The van der Waals surface area contributed by atoms with Crippen LogP contribution in [0.15, 0.2) is 203 Å². The van der Waals surface area contributed by atoms with Crippen LogP contribution in [-0.4, -0.2) is 0 Å². The Balaban J connectivity index is 0.855. The maximum atomic E-state index is 6.48. The Labute approximate surface area is 322 Å². The topological polar surface area (TPSA) is 26.3 Å². The molecule has 12 rings (SSSR count). The fourth-order valence-corrected chi connectivity index (χ4v) is 8.86. The maximum Gasteiger partial charge on any atom is 0.178 e. The zero-order valence-electron chi connectivity index (χ0n) is 30.3. The van der Waals surface area contributed by atoms with Gasteiger partial charge in [0.25, 0.3) is 0 Å². The molecule has 10 aromatic carbocycles. The molecule has 12 aromatic rings. The van der Waals surface area contributed by atoms with Gasteiger partial charge in [-0.25, -0.2) is 0 Å². The minimum Gasteiger partial charge on any atom is -0.452 e. The molecule has 0 aliphatic heterocycles. The third kappa shape index (κ3) is 4.76. The fraction of sp³-hybridized carbons (Fsp3) is 0. The van der Waals surface area contributed by atoms with Gasteiger partial charge >= 0.3 is 0 Å². The van der Waals surface area contributed by atoms with Crippen LogP contribution in [0, 0.1) is 0 Å². The lowest BCUT2D eigenvalue weighted by Crippen LogP contribution is -1.85. The van der Waals surface area contributed by atoms with Crippen molar-refractivity contribution in [3.05, 3.63) is 194 Å². The molecule has 0 atom stereocenters. The lowest BCUT2D eigenvalue weighted by atomic mass is 9.91. The molecule has 2 heterocycles. The smallest absolute Gasteiger partial charge is 0.178 e. The fourth-order valence-electron chi connectivity index (χ4n) is 8.86. The molecule has 0 saturated heterocycles. The first kappa shape index (κ1) is 31.0. The highest BCUT2D eigenvalue weighted by Gasteiger charge is 2.17. The summed E-state index contributed by atoms with van der Waals surface area (Å²) in [7, 11) is 0. The molecule has 2 nitrogen and oxygen atoms in total. The van der Waals surface area contributed by atoms with Gasteiger partial charge in [0, 0.05) is 21.5 Å². The molecule has 260 valence electrons. The van der Waals surface area contributed by atoms with Crippen molar-refractivity contribution in [3.63, 3.8) is 0 Å². The maximum absolute atomic E-state index is 6.48. The highest BCUT2D eigenvalue weighted by atomic mass is 16.4. The van der Waals surface area contributed by atoms with Crippen LogP contribution >= 0.6 is 0 Å². The number of furan rings is 2. The monoisotopic (exact) mass is 712 g/mol. The van der Waals surface area contributed by atoms with Gasteiger partial charge in [-0.3, -0.25) is 0 Å². The van der Waals surface area contributed by atoms with Crippen LogP contribution in [0.2, 0.25) is 0 Å². The number of rotatable bonds is 4. The van der Waals surface area contributed by atoms with Crippen LogP contribution in [0.4, 0.5) is 0 Å². The Bertz CT molecular complexity index is 3460. The number of benzene rings is 10. The van der Waals surface area contributed by atoms with Gasteiger partial charge in [0.2, 0.25) is 0 Å². The molecule has 0 fully saturated rings. The summed E-state index contributed by atoms with van der Waals surface area (Å²) in [6.07, 6.45) is 0. The summed E-state index contributed by atoms with van der Waals surface area (Å²) in [5.41, 5.74) is 12.8. The SMILES string of the molecule is c1ccc(-c2ccc3oc4c(ccc5c6cc(-c7ccc(-c8ccc(-c9ccc%10c%11ccccc%11c%11ccccc%11c%10c9)cc8)cc7)ccc6oc54)c3c2)cc1. The molecule has 0 amide bonds. The zero-order valence-corrected chi connectivity index (χ0v) is 30.3. The van der Waals surface area contributed by atoms with Gasteiger partial charge < -0.3 is 8.83 Å². The van der Waals surface area contributed by atoms with Gasteiger partial charge in [-0.2, -0.15) is 0 Å². The van der Waals surface area contributed by atoms with Crippen molar-refractivity contribution in [3.8, 4) is 44.5 Å². The summed E-state index contributed by atoms with van der Waals surface area (Å²) in [5.74, 6) is 0. The van der Waals surface area contributed by atoms with Crippen LogP contribution < -0.4 is 0 Å². The van der Waals surface area contributed by atoms with E-state index in [2.05, 4.69) is 188 Å². The van der Waals surface area contributed by atoms with E-state index < -0.39 is 0 Å². The molecule has 0 N–H and O–H groups in total. The number of hydrogen-bond acceptors (Lipinski definition) is 2. The van der Waals surface area contributed by atoms with Crippen molar-refractivity contribution in [1.82, 2.24) is 0 Å². The Morgan fingerprint density at radius 2 is 0.500 bits per heavy atom. The van der Waals surface area contributed by atoms with E-state index in [4.69, 9.17) is 8.83 Å². The van der Waals surface area contributed by atoms with Crippen LogP contribution in [-0.2, 0) is 0 Å². The van der Waals surface area contributed by atoms with Crippen molar-refractivity contribution in [1.29, 1.82) is 0 Å². The molecule has 0 radical (unpaired) electrons. The summed E-state index contributed by atoms with van der Waals surface area (Å²) >= 11 is 0. The minimum absolute atomic E-state index is 0.788. The van der Waals surface area contributed by atoms with Crippen LogP contribution in [0.25, 0.3) is 121 Å². The summed E-state index contributed by atoms with van der Waals surface area (Å²) in [6.45, 7) is 0. The molecule has 0 aliphatic rings. The van der Waals surface area contributed by atoms with Crippen LogP contribution in [0.3, 0.4) is 0 Å². The largest absolute Gasteiger partial charge is 0.452 e. The average molecular weight is 713 g/mol. The minimum atomic E-state index is 0.788. The Kier molecular flexibility index (Phi) is 6.66. The molecule has 0 spiro atoms. The Morgan fingerprint density at radius 1 is 0.196 bits per heavy atom. The molecule has 0 bridgehead atoms. The van der Waals surface area contributed by atoms with Crippen molar-refractivity contribution >= 4 is 76.2 Å². The van der Waals surface area contributed by atoms with Crippen molar-refractivity contribution < 1.29 is 8.83 Å². The Morgan fingerprint density at radius 3 is 0.964 bits per heavy atom. The van der Waals surface area contributed by atoms with Gasteiger partial charge in [-0.1, -0.05) is 152 Å². The second-order valence-corrected chi connectivity index (χ2v) is 14.8. The second-order valence-electron chi connectivity index (χ2n) is 14.8. The first-order valence-electron chi connectivity index (χ1n) is 19.1. The highest BCUT2D eigenvalue weighted by molar-refractivity contribution is 6.26. The molecule has 2 aromatic heterocycles.